The Bertz CT molecular complexity index is 822. The van der Waals surface area contributed by atoms with E-state index in [1.54, 1.807) is 18.9 Å². The van der Waals surface area contributed by atoms with Gasteiger partial charge in [-0.2, -0.15) is 0 Å². The minimum atomic E-state index is -0.623. The molecule has 3 atom stereocenters. The van der Waals surface area contributed by atoms with E-state index >= 15 is 0 Å². The van der Waals surface area contributed by atoms with Crippen molar-refractivity contribution in [3.8, 4) is 0 Å². The zero-order valence-corrected chi connectivity index (χ0v) is 25.8. The lowest BCUT2D eigenvalue weighted by Crippen LogP contribution is -2.58. The Kier molecular flexibility index (Phi) is 13.9. The summed E-state index contributed by atoms with van der Waals surface area (Å²) in [7, 11) is 1.78. The van der Waals surface area contributed by atoms with Crippen molar-refractivity contribution >= 4 is 17.7 Å². The van der Waals surface area contributed by atoms with Gasteiger partial charge >= 0.3 is 0 Å². The van der Waals surface area contributed by atoms with Gasteiger partial charge in [0.05, 0.1) is 25.3 Å². The van der Waals surface area contributed by atoms with Crippen molar-refractivity contribution in [1.29, 1.82) is 0 Å². The Hall–Kier alpha value is -1.97. The fourth-order valence-corrected chi connectivity index (χ4v) is 5.53. The zero-order valence-electron chi connectivity index (χ0n) is 25.8. The van der Waals surface area contributed by atoms with Gasteiger partial charge in [0.2, 0.25) is 17.7 Å². The van der Waals surface area contributed by atoms with E-state index < -0.39 is 6.04 Å². The van der Waals surface area contributed by atoms with E-state index in [1.165, 1.54) is 0 Å². The molecule has 2 rings (SSSR count). The second-order valence-electron chi connectivity index (χ2n) is 12.2. The molecule has 0 saturated carbocycles. The number of ether oxygens (including phenoxy) is 1. The Labute approximate surface area is 237 Å². The monoisotopic (exact) mass is 549 g/mol. The molecule has 2 aliphatic rings. The first-order valence-electron chi connectivity index (χ1n) is 15.0. The highest BCUT2D eigenvalue weighted by molar-refractivity contribution is 5.93. The third-order valence-corrected chi connectivity index (χ3v) is 8.04. The van der Waals surface area contributed by atoms with Gasteiger partial charge in [-0.1, -0.05) is 40.2 Å². The molecule has 0 aromatic carbocycles. The Balaban J connectivity index is 2.01. The molecule has 2 N–H and O–H groups in total. The molecular formula is C30H55N5O4. The number of hydrogen-bond acceptors (Lipinski definition) is 6. The second kappa shape index (κ2) is 16.3. The van der Waals surface area contributed by atoms with Gasteiger partial charge in [-0.05, 0) is 65.0 Å². The average Bonchev–Trinajstić information content (AvgIpc) is 2.91. The predicted octanol–water partition coefficient (Wildman–Crippen LogP) is 2.66. The van der Waals surface area contributed by atoms with Crippen LogP contribution in [0.5, 0.6) is 0 Å². The van der Waals surface area contributed by atoms with Gasteiger partial charge < -0.3 is 20.3 Å². The van der Waals surface area contributed by atoms with Crippen molar-refractivity contribution in [2.45, 2.75) is 98.3 Å². The minimum absolute atomic E-state index is 0.0619. The quantitative estimate of drug-likeness (QED) is 0.271. The summed E-state index contributed by atoms with van der Waals surface area (Å²) in [6.07, 6.45) is 5.71. The SMILES string of the molecule is C/C(=C\[C@H](C(C)C)N(C)C(=O)[C@@H](NC(=O)[C@H]1CCCCN1C(C)C)C(C)C)C(=O)NCCCN1CCOCC1. The summed E-state index contributed by atoms with van der Waals surface area (Å²) in [5.74, 6) is -0.260. The van der Waals surface area contributed by atoms with Crippen molar-refractivity contribution < 1.29 is 19.1 Å². The second-order valence-corrected chi connectivity index (χ2v) is 12.2. The van der Waals surface area contributed by atoms with E-state index in [-0.39, 0.29) is 47.7 Å². The van der Waals surface area contributed by atoms with E-state index in [4.69, 9.17) is 4.74 Å². The number of likely N-dealkylation sites (tertiary alicyclic amines) is 1. The molecule has 0 aromatic heterocycles. The zero-order chi connectivity index (χ0) is 29.1. The van der Waals surface area contributed by atoms with Crippen LogP contribution in [0.1, 0.15) is 74.1 Å². The first-order chi connectivity index (χ1) is 18.4. The fraction of sp³-hybridized carbons (Fsp3) is 0.833. The summed E-state index contributed by atoms with van der Waals surface area (Å²) in [6.45, 7) is 19.9. The van der Waals surface area contributed by atoms with Crippen LogP contribution in [-0.4, -0.2) is 110 Å². The Morgan fingerprint density at radius 3 is 2.26 bits per heavy atom. The number of nitrogens with one attached hydrogen (secondary N) is 2. The van der Waals surface area contributed by atoms with Crippen molar-refractivity contribution in [3.63, 3.8) is 0 Å². The fourth-order valence-electron chi connectivity index (χ4n) is 5.53. The van der Waals surface area contributed by atoms with Crippen LogP contribution >= 0.6 is 0 Å². The summed E-state index contributed by atoms with van der Waals surface area (Å²) in [5.41, 5.74) is 0.597. The van der Waals surface area contributed by atoms with Gasteiger partial charge in [0.1, 0.15) is 6.04 Å². The van der Waals surface area contributed by atoms with E-state index in [0.717, 1.165) is 65.1 Å². The largest absolute Gasteiger partial charge is 0.379 e. The third-order valence-electron chi connectivity index (χ3n) is 8.04. The molecule has 0 spiro atoms. The van der Waals surface area contributed by atoms with Crippen LogP contribution in [0.15, 0.2) is 11.6 Å². The normalized spacial score (nSPS) is 21.2. The van der Waals surface area contributed by atoms with Crippen molar-refractivity contribution in [2.24, 2.45) is 11.8 Å². The van der Waals surface area contributed by atoms with Gasteiger partial charge in [-0.25, -0.2) is 0 Å². The number of rotatable bonds is 13. The molecule has 9 heteroatoms. The van der Waals surface area contributed by atoms with Gasteiger partial charge in [0.25, 0.3) is 0 Å². The third kappa shape index (κ3) is 10.2. The van der Waals surface area contributed by atoms with Gasteiger partial charge in [-0.15, -0.1) is 0 Å². The summed E-state index contributed by atoms with van der Waals surface area (Å²) < 4.78 is 5.39. The van der Waals surface area contributed by atoms with Crippen LogP contribution in [0.2, 0.25) is 0 Å². The van der Waals surface area contributed by atoms with E-state index in [2.05, 4.69) is 34.3 Å². The molecule has 9 nitrogen and oxygen atoms in total. The van der Waals surface area contributed by atoms with Crippen molar-refractivity contribution in [1.82, 2.24) is 25.3 Å². The van der Waals surface area contributed by atoms with Crippen LogP contribution in [0.3, 0.4) is 0 Å². The molecule has 2 saturated heterocycles. The average molecular weight is 550 g/mol. The van der Waals surface area contributed by atoms with Gasteiger partial charge in [0, 0.05) is 38.3 Å². The van der Waals surface area contributed by atoms with Crippen molar-refractivity contribution in [2.75, 3.05) is 53.0 Å². The van der Waals surface area contributed by atoms with E-state index in [0.29, 0.717) is 12.1 Å². The van der Waals surface area contributed by atoms with E-state index in [9.17, 15) is 14.4 Å². The lowest BCUT2D eigenvalue weighted by Gasteiger charge is -2.39. The molecule has 2 fully saturated rings. The number of amides is 3. The van der Waals surface area contributed by atoms with Crippen LogP contribution in [0, 0.1) is 11.8 Å². The minimum Gasteiger partial charge on any atom is -0.379 e. The number of nitrogens with zero attached hydrogens (tertiary/aromatic N) is 3. The summed E-state index contributed by atoms with van der Waals surface area (Å²) in [5, 5.41) is 6.12. The molecule has 0 bridgehead atoms. The molecule has 0 unspecified atom stereocenters. The first-order valence-corrected chi connectivity index (χ1v) is 15.0. The maximum atomic E-state index is 13.7. The molecule has 224 valence electrons. The van der Waals surface area contributed by atoms with Crippen LogP contribution in [0.4, 0.5) is 0 Å². The number of carbonyl (C=O) groups excluding carboxylic acids is 3. The number of piperidine rings is 1. The van der Waals surface area contributed by atoms with Crippen molar-refractivity contribution in [3.05, 3.63) is 11.6 Å². The first kappa shape index (κ1) is 33.2. The molecule has 2 heterocycles. The number of morpholine rings is 1. The standard InChI is InChI=1S/C30H55N5O4/c1-21(2)26(20-24(7)28(36)31-13-11-14-34-16-18-39-19-17-34)33(8)30(38)27(22(3)4)32-29(37)25-12-9-10-15-35(25)23(5)6/h20-23,25-27H,9-19H2,1-8H3,(H,31,36)(H,32,37)/b24-20+/t25-,26-,27+/m1/s1. The topological polar surface area (TPSA) is 94.2 Å². The number of hydrogen-bond donors (Lipinski definition) is 2. The molecule has 2 aliphatic heterocycles. The Morgan fingerprint density at radius 1 is 1.00 bits per heavy atom. The highest BCUT2D eigenvalue weighted by atomic mass is 16.5. The van der Waals surface area contributed by atoms with Crippen LogP contribution < -0.4 is 10.6 Å². The summed E-state index contributed by atoms with van der Waals surface area (Å²) in [4.78, 5) is 46.2. The summed E-state index contributed by atoms with van der Waals surface area (Å²) >= 11 is 0. The van der Waals surface area contributed by atoms with Gasteiger partial charge in [-0.3, -0.25) is 24.2 Å². The maximum absolute atomic E-state index is 13.7. The van der Waals surface area contributed by atoms with Crippen LogP contribution in [0.25, 0.3) is 0 Å². The Morgan fingerprint density at radius 2 is 1.67 bits per heavy atom. The summed E-state index contributed by atoms with van der Waals surface area (Å²) in [6, 6.07) is -0.812. The van der Waals surface area contributed by atoms with Crippen LogP contribution in [-0.2, 0) is 19.1 Å². The predicted molar refractivity (Wildman–Crippen MR) is 156 cm³/mol. The highest BCUT2D eigenvalue weighted by Gasteiger charge is 2.36. The molecular weight excluding hydrogens is 494 g/mol. The molecule has 0 aromatic rings. The number of carbonyl (C=O) groups is 3. The van der Waals surface area contributed by atoms with Gasteiger partial charge in [0.15, 0.2) is 0 Å². The number of likely N-dealkylation sites (N-methyl/N-ethyl adjacent to an activating group) is 1. The maximum Gasteiger partial charge on any atom is 0.246 e. The molecule has 0 radical (unpaired) electrons. The molecule has 0 aliphatic carbocycles. The lowest BCUT2D eigenvalue weighted by molar-refractivity contribution is -0.140. The highest BCUT2D eigenvalue weighted by Crippen LogP contribution is 2.21. The molecule has 39 heavy (non-hydrogen) atoms. The lowest BCUT2D eigenvalue weighted by atomic mass is 9.95. The molecule has 3 amide bonds. The smallest absolute Gasteiger partial charge is 0.246 e. The van der Waals surface area contributed by atoms with E-state index in [1.807, 2.05) is 33.8 Å².